The molecule has 1 aromatic carbocycles. The molecule has 0 spiro atoms. The molecule has 0 aliphatic rings. The predicted molar refractivity (Wildman–Crippen MR) is 109 cm³/mol. The van der Waals surface area contributed by atoms with E-state index in [1.54, 1.807) is 20.2 Å². The van der Waals surface area contributed by atoms with E-state index in [1.165, 1.54) is 11.0 Å². The minimum atomic E-state index is -4.39. The summed E-state index contributed by atoms with van der Waals surface area (Å²) in [7, 11) is 3.26. The number of nitrogens with zero attached hydrogens (tertiary/aromatic N) is 2. The van der Waals surface area contributed by atoms with Crippen molar-refractivity contribution in [3.05, 3.63) is 35.4 Å². The number of amides is 1. The third-order valence-corrected chi connectivity index (χ3v) is 3.32. The number of carbonyl (C=O) groups is 1. The molecule has 0 radical (unpaired) electrons. The second-order valence-electron chi connectivity index (χ2n) is 5.63. The number of hydrogen-bond acceptors (Lipinski definition) is 3. The molecule has 0 aromatic heterocycles. The molecule has 0 heterocycles. The van der Waals surface area contributed by atoms with Gasteiger partial charge in [0.2, 0.25) is 5.91 Å². The smallest absolute Gasteiger partial charge is 0.380 e. The summed E-state index contributed by atoms with van der Waals surface area (Å²) in [6.07, 6.45) is -4.39. The van der Waals surface area contributed by atoms with E-state index in [0.29, 0.717) is 31.3 Å². The quantitative estimate of drug-likeness (QED) is 0.248. The van der Waals surface area contributed by atoms with Crippen LogP contribution in [0.3, 0.4) is 0 Å². The van der Waals surface area contributed by atoms with Crippen molar-refractivity contribution in [1.82, 2.24) is 15.5 Å². The number of carbonyl (C=O) groups excluding carboxylic acids is 1. The Morgan fingerprint density at radius 2 is 1.96 bits per heavy atom. The topological polar surface area (TPSA) is 66.0 Å². The molecule has 0 fully saturated rings. The first-order valence-electron chi connectivity index (χ1n) is 8.20. The number of rotatable bonds is 8. The fraction of sp³-hybridized carbons (Fsp3) is 0.529. The molecule has 2 N–H and O–H groups in total. The van der Waals surface area contributed by atoms with Crippen LogP contribution in [0.2, 0.25) is 0 Å². The number of guanidine groups is 1. The van der Waals surface area contributed by atoms with Gasteiger partial charge in [-0.05, 0) is 24.6 Å². The lowest BCUT2D eigenvalue weighted by atomic mass is 10.1. The van der Waals surface area contributed by atoms with Crippen LogP contribution in [-0.4, -0.2) is 57.2 Å². The maximum atomic E-state index is 12.8. The first-order chi connectivity index (χ1) is 12.2. The average molecular weight is 502 g/mol. The molecule has 0 aliphatic carbocycles. The molecule has 1 aromatic rings. The summed E-state index contributed by atoms with van der Waals surface area (Å²) in [4.78, 5) is 17.4. The fourth-order valence-corrected chi connectivity index (χ4v) is 1.89. The molecule has 10 heteroatoms. The molecular formula is C17H26F3IN4O2. The Balaban J connectivity index is 0.00000676. The van der Waals surface area contributed by atoms with Crippen molar-refractivity contribution in [3.8, 4) is 0 Å². The lowest BCUT2D eigenvalue weighted by Gasteiger charge is -2.15. The zero-order valence-electron chi connectivity index (χ0n) is 15.6. The molecule has 0 saturated carbocycles. The molecular weight excluding hydrogens is 476 g/mol. The second-order valence-corrected chi connectivity index (χ2v) is 5.63. The summed E-state index contributed by atoms with van der Waals surface area (Å²) in [5.41, 5.74) is -0.295. The van der Waals surface area contributed by atoms with Crippen LogP contribution in [-0.2, 0) is 22.3 Å². The highest BCUT2D eigenvalue weighted by atomic mass is 127. The summed E-state index contributed by atoms with van der Waals surface area (Å²) in [5, 5.41) is 5.85. The number of ether oxygens (including phenoxy) is 1. The van der Waals surface area contributed by atoms with Crippen LogP contribution < -0.4 is 10.6 Å². The Morgan fingerprint density at radius 3 is 2.56 bits per heavy atom. The van der Waals surface area contributed by atoms with E-state index in [1.807, 2.05) is 6.92 Å². The van der Waals surface area contributed by atoms with Crippen LogP contribution in [0.4, 0.5) is 13.2 Å². The summed E-state index contributed by atoms with van der Waals surface area (Å²) < 4.78 is 43.5. The van der Waals surface area contributed by atoms with Gasteiger partial charge in [0, 0.05) is 27.2 Å². The van der Waals surface area contributed by atoms with Gasteiger partial charge >= 0.3 is 6.18 Å². The Labute approximate surface area is 174 Å². The molecule has 27 heavy (non-hydrogen) atoms. The highest BCUT2D eigenvalue weighted by Gasteiger charge is 2.30. The van der Waals surface area contributed by atoms with Gasteiger partial charge in [0.1, 0.15) is 0 Å². The zero-order valence-corrected chi connectivity index (χ0v) is 17.9. The number of benzene rings is 1. The van der Waals surface area contributed by atoms with Gasteiger partial charge in [-0.2, -0.15) is 13.2 Å². The lowest BCUT2D eigenvalue weighted by molar-refractivity contribution is -0.137. The first-order valence-corrected chi connectivity index (χ1v) is 8.20. The number of likely N-dealkylation sites (N-methyl/N-ethyl adjacent to an activating group) is 1. The molecule has 1 rings (SSSR count). The molecule has 0 saturated heterocycles. The van der Waals surface area contributed by atoms with Crippen LogP contribution in [0.5, 0.6) is 0 Å². The van der Waals surface area contributed by atoms with Crippen molar-refractivity contribution in [2.24, 2.45) is 4.99 Å². The van der Waals surface area contributed by atoms with Gasteiger partial charge in [0.05, 0.1) is 25.3 Å². The molecule has 1 amide bonds. The van der Waals surface area contributed by atoms with Gasteiger partial charge in [-0.3, -0.25) is 4.79 Å². The summed E-state index contributed by atoms with van der Waals surface area (Å²) in [5.74, 6) is 0.181. The van der Waals surface area contributed by atoms with Crippen molar-refractivity contribution in [3.63, 3.8) is 0 Å². The molecule has 0 atom stereocenters. The Kier molecular flexibility index (Phi) is 12.0. The van der Waals surface area contributed by atoms with E-state index in [2.05, 4.69) is 15.6 Å². The van der Waals surface area contributed by atoms with Crippen LogP contribution in [0.25, 0.3) is 0 Å². The molecule has 0 aliphatic heterocycles. The van der Waals surface area contributed by atoms with Crippen LogP contribution >= 0.6 is 24.0 Å². The van der Waals surface area contributed by atoms with Crippen LogP contribution in [0.1, 0.15) is 18.1 Å². The predicted octanol–water partition coefficient (Wildman–Crippen LogP) is 2.48. The van der Waals surface area contributed by atoms with Crippen molar-refractivity contribution in [2.75, 3.05) is 40.4 Å². The minimum absolute atomic E-state index is 0. The van der Waals surface area contributed by atoms with Crippen LogP contribution in [0.15, 0.2) is 29.3 Å². The van der Waals surface area contributed by atoms with Gasteiger partial charge in [0.15, 0.2) is 5.96 Å². The van der Waals surface area contributed by atoms with Crippen molar-refractivity contribution < 1.29 is 22.7 Å². The second kappa shape index (κ2) is 12.8. The highest BCUT2D eigenvalue weighted by molar-refractivity contribution is 14.0. The number of halogens is 4. The third kappa shape index (κ3) is 10.4. The number of hydrogen-bond donors (Lipinski definition) is 2. The maximum absolute atomic E-state index is 12.8. The summed E-state index contributed by atoms with van der Waals surface area (Å²) in [6, 6.07) is 5.00. The minimum Gasteiger partial charge on any atom is -0.380 e. The van der Waals surface area contributed by atoms with E-state index in [9.17, 15) is 18.0 Å². The van der Waals surface area contributed by atoms with Gasteiger partial charge in [-0.15, -0.1) is 24.0 Å². The van der Waals surface area contributed by atoms with E-state index in [0.717, 1.165) is 12.1 Å². The van der Waals surface area contributed by atoms with E-state index < -0.39 is 11.7 Å². The maximum Gasteiger partial charge on any atom is 0.416 e. The fourth-order valence-electron chi connectivity index (χ4n) is 1.89. The van der Waals surface area contributed by atoms with E-state index in [-0.39, 0.29) is 43.0 Å². The Morgan fingerprint density at radius 1 is 1.26 bits per heavy atom. The Bertz CT molecular complexity index is 610. The van der Waals surface area contributed by atoms with Gasteiger partial charge in [-0.1, -0.05) is 12.1 Å². The number of alkyl halides is 3. The van der Waals surface area contributed by atoms with Gasteiger partial charge in [0.25, 0.3) is 0 Å². The molecule has 0 unspecified atom stereocenters. The standard InChI is InChI=1S/C17H25F3N4O2.HI/c1-4-26-9-8-21-16(23-12-15(25)24(2)3)22-11-13-6-5-7-14(10-13)17(18,19)20;/h5-7,10H,4,8-9,11-12H2,1-3H3,(H2,21,22,23);1H. The summed E-state index contributed by atoms with van der Waals surface area (Å²) in [6.45, 7) is 3.42. The Hall–Kier alpha value is -1.56. The average Bonchev–Trinajstić information content (AvgIpc) is 2.59. The molecule has 6 nitrogen and oxygen atoms in total. The largest absolute Gasteiger partial charge is 0.416 e. The normalized spacial score (nSPS) is 11.6. The third-order valence-electron chi connectivity index (χ3n) is 3.32. The van der Waals surface area contributed by atoms with Gasteiger partial charge < -0.3 is 20.3 Å². The van der Waals surface area contributed by atoms with Crippen molar-refractivity contribution in [1.29, 1.82) is 0 Å². The molecule has 154 valence electrons. The monoisotopic (exact) mass is 502 g/mol. The first kappa shape index (κ1) is 25.4. The number of nitrogens with one attached hydrogen (secondary N) is 2. The van der Waals surface area contributed by atoms with E-state index in [4.69, 9.17) is 4.74 Å². The summed E-state index contributed by atoms with van der Waals surface area (Å²) >= 11 is 0. The lowest BCUT2D eigenvalue weighted by Crippen LogP contribution is -2.43. The molecule has 0 bridgehead atoms. The number of aliphatic imine (C=N–C) groups is 1. The highest BCUT2D eigenvalue weighted by Crippen LogP contribution is 2.29. The zero-order chi connectivity index (χ0) is 19.6. The van der Waals surface area contributed by atoms with Gasteiger partial charge in [-0.25, -0.2) is 4.99 Å². The SMILES string of the molecule is CCOCCNC(=NCc1cccc(C(F)(F)F)c1)NCC(=O)N(C)C.I. The van der Waals surface area contributed by atoms with Crippen LogP contribution in [0, 0.1) is 0 Å². The van der Waals surface area contributed by atoms with E-state index >= 15 is 0 Å². The van der Waals surface area contributed by atoms with Crippen molar-refractivity contribution >= 4 is 35.8 Å². The van der Waals surface area contributed by atoms with Crippen molar-refractivity contribution in [2.45, 2.75) is 19.6 Å².